The SMILES string of the molecule is C=C1[C@H]2[C@@H]1CN(c1cc(NCc3cccnc3)n3ncc(Br)c3n1)[C@@H]2CO. The Morgan fingerprint density at radius 3 is 3.04 bits per heavy atom. The van der Waals surface area contributed by atoms with Crippen molar-refractivity contribution < 1.29 is 5.11 Å². The molecule has 4 heterocycles. The first kappa shape index (κ1) is 16.7. The fourth-order valence-corrected chi connectivity index (χ4v) is 4.40. The average molecular weight is 427 g/mol. The Morgan fingerprint density at radius 1 is 1.37 bits per heavy atom. The van der Waals surface area contributed by atoms with Crippen molar-refractivity contribution in [3.63, 3.8) is 0 Å². The number of hydrogen-bond acceptors (Lipinski definition) is 6. The first-order chi connectivity index (χ1) is 13.2. The zero-order valence-corrected chi connectivity index (χ0v) is 16.2. The minimum absolute atomic E-state index is 0.0466. The Labute approximate surface area is 164 Å². The molecular weight excluding hydrogens is 408 g/mol. The largest absolute Gasteiger partial charge is 0.394 e. The van der Waals surface area contributed by atoms with E-state index in [1.807, 2.05) is 24.4 Å². The molecule has 138 valence electrons. The number of aliphatic hydroxyl groups is 1. The van der Waals surface area contributed by atoms with E-state index in [1.54, 1.807) is 16.9 Å². The third kappa shape index (κ3) is 2.71. The van der Waals surface area contributed by atoms with E-state index in [9.17, 15) is 5.11 Å². The van der Waals surface area contributed by atoms with Crippen LogP contribution in [0.15, 0.2) is 53.4 Å². The lowest BCUT2D eigenvalue weighted by Gasteiger charge is -2.28. The Hall–Kier alpha value is -2.45. The number of nitrogens with zero attached hydrogens (tertiary/aromatic N) is 5. The fraction of sp³-hybridized carbons (Fsp3) is 0.316. The van der Waals surface area contributed by atoms with Crippen LogP contribution in [0.5, 0.6) is 0 Å². The predicted molar refractivity (Wildman–Crippen MR) is 107 cm³/mol. The lowest BCUT2D eigenvalue weighted by atomic mass is 10.2. The van der Waals surface area contributed by atoms with Crippen molar-refractivity contribution in [1.29, 1.82) is 0 Å². The summed E-state index contributed by atoms with van der Waals surface area (Å²) in [6, 6.07) is 5.99. The highest BCUT2D eigenvalue weighted by atomic mass is 79.9. The van der Waals surface area contributed by atoms with Gasteiger partial charge in [0.25, 0.3) is 0 Å². The quantitative estimate of drug-likeness (QED) is 0.610. The second kappa shape index (κ2) is 6.31. The van der Waals surface area contributed by atoms with E-state index in [0.717, 1.165) is 33.9 Å². The molecule has 5 rings (SSSR count). The highest BCUT2D eigenvalue weighted by molar-refractivity contribution is 9.10. The molecule has 0 aromatic carbocycles. The van der Waals surface area contributed by atoms with E-state index >= 15 is 0 Å². The molecule has 2 N–H and O–H groups in total. The minimum Gasteiger partial charge on any atom is -0.394 e. The maximum absolute atomic E-state index is 9.90. The van der Waals surface area contributed by atoms with Gasteiger partial charge in [0, 0.05) is 43.4 Å². The maximum Gasteiger partial charge on any atom is 0.173 e. The molecule has 3 atom stereocenters. The lowest BCUT2D eigenvalue weighted by Crippen LogP contribution is -2.37. The number of nitrogens with one attached hydrogen (secondary N) is 1. The van der Waals surface area contributed by atoms with Gasteiger partial charge in [-0.3, -0.25) is 4.98 Å². The summed E-state index contributed by atoms with van der Waals surface area (Å²) in [4.78, 5) is 11.1. The van der Waals surface area contributed by atoms with Crippen molar-refractivity contribution in [3.05, 3.63) is 59.0 Å². The van der Waals surface area contributed by atoms with Crippen LogP contribution in [0.3, 0.4) is 0 Å². The molecule has 27 heavy (non-hydrogen) atoms. The molecule has 3 aromatic heterocycles. The maximum atomic E-state index is 9.90. The summed E-state index contributed by atoms with van der Waals surface area (Å²) in [6.07, 6.45) is 5.35. The Bertz CT molecular complexity index is 1020. The smallest absolute Gasteiger partial charge is 0.173 e. The molecule has 2 fully saturated rings. The number of fused-ring (bicyclic) bond motifs is 2. The van der Waals surface area contributed by atoms with Crippen LogP contribution in [-0.4, -0.2) is 43.9 Å². The molecule has 7 nitrogen and oxygen atoms in total. The first-order valence-electron chi connectivity index (χ1n) is 8.90. The third-order valence-electron chi connectivity index (χ3n) is 5.53. The number of anilines is 2. The summed E-state index contributed by atoms with van der Waals surface area (Å²) in [7, 11) is 0. The summed E-state index contributed by atoms with van der Waals surface area (Å²) >= 11 is 3.54. The van der Waals surface area contributed by atoms with E-state index in [-0.39, 0.29) is 12.6 Å². The molecule has 0 bridgehead atoms. The lowest BCUT2D eigenvalue weighted by molar-refractivity contribution is 0.258. The monoisotopic (exact) mass is 426 g/mol. The fourth-order valence-electron chi connectivity index (χ4n) is 4.06. The molecule has 1 saturated carbocycles. The predicted octanol–water partition coefficient (Wildman–Crippen LogP) is 2.48. The second-order valence-corrected chi connectivity index (χ2v) is 7.91. The van der Waals surface area contributed by atoms with Gasteiger partial charge in [-0.25, -0.2) is 4.98 Å². The highest BCUT2D eigenvalue weighted by Gasteiger charge is 2.56. The number of aliphatic hydroxyl groups excluding tert-OH is 1. The van der Waals surface area contributed by atoms with E-state index in [0.29, 0.717) is 18.4 Å². The van der Waals surface area contributed by atoms with Crippen LogP contribution in [0.4, 0.5) is 11.6 Å². The highest BCUT2D eigenvalue weighted by Crippen LogP contribution is 2.54. The van der Waals surface area contributed by atoms with Gasteiger partial charge < -0.3 is 15.3 Å². The van der Waals surface area contributed by atoms with Gasteiger partial charge in [0.15, 0.2) is 5.65 Å². The molecule has 1 aliphatic heterocycles. The second-order valence-electron chi connectivity index (χ2n) is 7.05. The van der Waals surface area contributed by atoms with Crippen LogP contribution in [0.1, 0.15) is 5.56 Å². The Kier molecular flexibility index (Phi) is 3.91. The molecule has 1 saturated heterocycles. The van der Waals surface area contributed by atoms with E-state index < -0.39 is 0 Å². The third-order valence-corrected chi connectivity index (χ3v) is 6.09. The van der Waals surface area contributed by atoms with Gasteiger partial charge in [-0.2, -0.15) is 9.61 Å². The molecule has 8 heteroatoms. The molecule has 3 aromatic rings. The van der Waals surface area contributed by atoms with Gasteiger partial charge >= 0.3 is 0 Å². The zero-order chi connectivity index (χ0) is 18.5. The molecule has 2 aliphatic rings. The number of halogens is 1. The van der Waals surface area contributed by atoms with Crippen LogP contribution in [0, 0.1) is 11.8 Å². The van der Waals surface area contributed by atoms with E-state index in [2.05, 4.69) is 42.8 Å². The van der Waals surface area contributed by atoms with Crippen molar-refractivity contribution in [3.8, 4) is 0 Å². The standard InChI is InChI=1S/C19H19BrN6O/c1-11-13-9-25(15(10-27)18(11)13)17-5-16(22-7-12-3-2-4-21-6-12)26-19(24-17)14(20)8-23-26/h2-6,8,13,15,18,22,27H,1,7,9-10H2/t13-,15-,18+/m1/s1. The zero-order valence-electron chi connectivity index (χ0n) is 14.6. The number of hydrogen-bond donors (Lipinski definition) is 2. The first-order valence-corrected chi connectivity index (χ1v) is 9.70. The molecular formula is C19H19BrN6O. The van der Waals surface area contributed by atoms with Gasteiger partial charge in [0.05, 0.1) is 23.3 Å². The summed E-state index contributed by atoms with van der Waals surface area (Å²) in [5.41, 5.74) is 3.09. The Balaban J connectivity index is 1.50. The molecule has 0 amide bonds. The molecule has 1 aliphatic carbocycles. The number of piperidine rings is 1. The van der Waals surface area contributed by atoms with Crippen molar-refractivity contribution in [2.24, 2.45) is 11.8 Å². The van der Waals surface area contributed by atoms with Crippen molar-refractivity contribution >= 4 is 33.2 Å². The molecule has 0 unspecified atom stereocenters. The molecule has 0 radical (unpaired) electrons. The van der Waals surface area contributed by atoms with Crippen LogP contribution >= 0.6 is 15.9 Å². The van der Waals surface area contributed by atoms with Crippen LogP contribution in [0.2, 0.25) is 0 Å². The summed E-state index contributed by atoms with van der Waals surface area (Å²) in [5, 5.41) is 17.8. The van der Waals surface area contributed by atoms with Crippen LogP contribution in [-0.2, 0) is 6.54 Å². The van der Waals surface area contributed by atoms with E-state index in [4.69, 9.17) is 4.98 Å². The number of pyridine rings is 1. The van der Waals surface area contributed by atoms with Crippen LogP contribution in [0.25, 0.3) is 5.65 Å². The van der Waals surface area contributed by atoms with E-state index in [1.165, 1.54) is 5.57 Å². The van der Waals surface area contributed by atoms with Gasteiger partial charge in [-0.05, 0) is 27.6 Å². The Morgan fingerprint density at radius 2 is 2.26 bits per heavy atom. The van der Waals surface area contributed by atoms with Crippen molar-refractivity contribution in [1.82, 2.24) is 19.6 Å². The van der Waals surface area contributed by atoms with Gasteiger partial charge in [0.2, 0.25) is 0 Å². The van der Waals surface area contributed by atoms with Gasteiger partial charge in [0.1, 0.15) is 11.6 Å². The summed E-state index contributed by atoms with van der Waals surface area (Å²) in [6.45, 7) is 5.71. The normalized spacial score (nSPS) is 23.7. The van der Waals surface area contributed by atoms with Crippen molar-refractivity contribution in [2.45, 2.75) is 12.6 Å². The summed E-state index contributed by atoms with van der Waals surface area (Å²) < 4.78 is 2.62. The molecule has 0 spiro atoms. The number of rotatable bonds is 5. The van der Waals surface area contributed by atoms with Crippen molar-refractivity contribution in [2.75, 3.05) is 23.4 Å². The minimum atomic E-state index is 0.0466. The topological polar surface area (TPSA) is 78.6 Å². The average Bonchev–Trinajstić information content (AvgIpc) is 3.04. The van der Waals surface area contributed by atoms with Crippen LogP contribution < -0.4 is 10.2 Å². The van der Waals surface area contributed by atoms with Gasteiger partial charge in [-0.1, -0.05) is 18.2 Å². The summed E-state index contributed by atoms with van der Waals surface area (Å²) in [5.74, 6) is 2.55. The number of aromatic nitrogens is 4. The van der Waals surface area contributed by atoms with Gasteiger partial charge in [-0.15, -0.1) is 0 Å².